The highest BCUT2D eigenvalue weighted by Gasteiger charge is 2.14. The van der Waals surface area contributed by atoms with E-state index >= 15 is 0 Å². The molecule has 1 aromatic rings. The van der Waals surface area contributed by atoms with E-state index in [9.17, 15) is 9.59 Å². The van der Waals surface area contributed by atoms with Gasteiger partial charge in [0.15, 0.2) is 0 Å². The highest BCUT2D eigenvalue weighted by Crippen LogP contribution is 2.26. The average Bonchev–Trinajstić information content (AvgIpc) is 2.43. The maximum atomic E-state index is 11.4. The molecule has 0 aliphatic rings. The third-order valence-corrected chi connectivity index (χ3v) is 3.31. The van der Waals surface area contributed by atoms with Crippen LogP contribution in [0.4, 0.5) is 0 Å². The minimum Gasteiger partial charge on any atom is -0.349 e. The van der Waals surface area contributed by atoms with Crippen molar-refractivity contribution in [1.82, 2.24) is 5.32 Å². The van der Waals surface area contributed by atoms with Crippen molar-refractivity contribution >= 4 is 23.0 Å². The van der Waals surface area contributed by atoms with Gasteiger partial charge in [0.1, 0.15) is 5.78 Å². The summed E-state index contributed by atoms with van der Waals surface area (Å²) in [4.78, 5) is 24.7. The molecule has 0 aromatic carbocycles. The van der Waals surface area contributed by atoms with Crippen LogP contribution in [0.5, 0.6) is 0 Å². The van der Waals surface area contributed by atoms with Gasteiger partial charge in [0.05, 0.1) is 12.5 Å². The van der Waals surface area contributed by atoms with E-state index in [2.05, 4.69) is 11.4 Å². The summed E-state index contributed by atoms with van der Waals surface area (Å²) in [6.07, 6.45) is -0.0352. The van der Waals surface area contributed by atoms with Gasteiger partial charge in [0, 0.05) is 9.75 Å². The molecule has 16 heavy (non-hydrogen) atoms. The number of carbonyl (C=O) groups is 2. The van der Waals surface area contributed by atoms with Crippen molar-refractivity contribution in [2.45, 2.75) is 40.2 Å². The van der Waals surface area contributed by atoms with E-state index in [1.807, 2.05) is 20.8 Å². The predicted octanol–water partition coefficient (Wildman–Crippen LogP) is 2.52. The summed E-state index contributed by atoms with van der Waals surface area (Å²) in [5.41, 5.74) is 1.14. The molecular formula is C12H17NO2S. The molecule has 0 fully saturated rings. The molecule has 1 aromatic heterocycles. The van der Waals surface area contributed by atoms with E-state index in [0.29, 0.717) is 0 Å². The normalized spacial score (nSPS) is 12.2. The lowest BCUT2D eigenvalue weighted by Gasteiger charge is -2.13. The lowest BCUT2D eigenvalue weighted by Crippen LogP contribution is -2.28. The lowest BCUT2D eigenvalue weighted by molar-refractivity contribution is -0.127. The third-order valence-electron chi connectivity index (χ3n) is 2.33. The number of amides is 1. The summed E-state index contributed by atoms with van der Waals surface area (Å²) in [7, 11) is 0. The van der Waals surface area contributed by atoms with Crippen LogP contribution >= 0.6 is 11.3 Å². The van der Waals surface area contributed by atoms with Gasteiger partial charge in [-0.3, -0.25) is 9.59 Å². The molecule has 0 saturated carbocycles. The highest BCUT2D eigenvalue weighted by molar-refractivity contribution is 7.12. The molecule has 1 atom stereocenters. The van der Waals surface area contributed by atoms with Gasteiger partial charge >= 0.3 is 0 Å². The van der Waals surface area contributed by atoms with Crippen LogP contribution in [0.15, 0.2) is 6.07 Å². The van der Waals surface area contributed by atoms with Crippen LogP contribution in [-0.2, 0) is 9.59 Å². The van der Waals surface area contributed by atoms with Crippen molar-refractivity contribution < 1.29 is 9.59 Å². The van der Waals surface area contributed by atoms with Crippen molar-refractivity contribution in [2.75, 3.05) is 0 Å². The Morgan fingerprint density at radius 2 is 2.06 bits per heavy atom. The Bertz CT molecular complexity index is 409. The number of rotatable bonds is 4. The largest absolute Gasteiger partial charge is 0.349 e. The first-order valence-corrected chi connectivity index (χ1v) is 6.07. The molecule has 0 aliphatic carbocycles. The second-order valence-electron chi connectivity index (χ2n) is 4.04. The van der Waals surface area contributed by atoms with Crippen LogP contribution in [-0.4, -0.2) is 11.7 Å². The monoisotopic (exact) mass is 239 g/mol. The van der Waals surface area contributed by atoms with Crippen LogP contribution in [0, 0.1) is 13.8 Å². The maximum Gasteiger partial charge on any atom is 0.227 e. The van der Waals surface area contributed by atoms with E-state index < -0.39 is 0 Å². The van der Waals surface area contributed by atoms with Gasteiger partial charge in [-0.1, -0.05) is 0 Å². The SMILES string of the molecule is CC(=O)CC(=O)NC(C)c1cc(C)sc1C. The maximum absolute atomic E-state index is 11.4. The fourth-order valence-electron chi connectivity index (χ4n) is 1.68. The van der Waals surface area contributed by atoms with Gasteiger partial charge in [-0.05, 0) is 39.3 Å². The molecule has 1 unspecified atom stereocenters. The predicted molar refractivity (Wildman–Crippen MR) is 65.6 cm³/mol. The number of nitrogens with one attached hydrogen (secondary N) is 1. The Morgan fingerprint density at radius 3 is 2.50 bits per heavy atom. The fourth-order valence-corrected chi connectivity index (χ4v) is 2.70. The Morgan fingerprint density at radius 1 is 1.44 bits per heavy atom. The number of carbonyl (C=O) groups excluding carboxylic acids is 2. The number of aryl methyl sites for hydroxylation is 2. The molecular weight excluding hydrogens is 222 g/mol. The first-order valence-electron chi connectivity index (χ1n) is 5.26. The topological polar surface area (TPSA) is 46.2 Å². The summed E-state index contributed by atoms with van der Waals surface area (Å²) in [6, 6.07) is 2.05. The number of hydrogen-bond donors (Lipinski definition) is 1. The van der Waals surface area contributed by atoms with Crippen molar-refractivity contribution in [3.63, 3.8) is 0 Å². The summed E-state index contributed by atoms with van der Waals surface area (Å²) in [5, 5.41) is 2.83. The van der Waals surface area contributed by atoms with Gasteiger partial charge in [-0.15, -0.1) is 11.3 Å². The summed E-state index contributed by atoms with van der Waals surface area (Å²) < 4.78 is 0. The summed E-state index contributed by atoms with van der Waals surface area (Å²) in [5.74, 6) is -0.314. The Kier molecular flexibility index (Phi) is 4.24. The first kappa shape index (κ1) is 12.9. The van der Waals surface area contributed by atoms with E-state index in [4.69, 9.17) is 0 Å². The van der Waals surface area contributed by atoms with Crippen LogP contribution in [0.3, 0.4) is 0 Å². The smallest absolute Gasteiger partial charge is 0.227 e. The highest BCUT2D eigenvalue weighted by atomic mass is 32.1. The zero-order chi connectivity index (χ0) is 12.3. The molecule has 1 N–H and O–H groups in total. The Hall–Kier alpha value is -1.16. The van der Waals surface area contributed by atoms with Crippen LogP contribution in [0.2, 0.25) is 0 Å². The van der Waals surface area contributed by atoms with E-state index in [0.717, 1.165) is 5.56 Å². The standard InChI is InChI=1S/C12H17NO2S/c1-7(14)5-12(15)13-9(3)11-6-8(2)16-10(11)4/h6,9H,5H2,1-4H3,(H,13,15). The van der Waals surface area contributed by atoms with E-state index in [1.54, 1.807) is 11.3 Å². The number of thiophene rings is 1. The van der Waals surface area contributed by atoms with Crippen LogP contribution < -0.4 is 5.32 Å². The Labute approximate surface area is 99.9 Å². The van der Waals surface area contributed by atoms with Crippen molar-refractivity contribution in [3.05, 3.63) is 21.4 Å². The fraction of sp³-hybridized carbons (Fsp3) is 0.500. The van der Waals surface area contributed by atoms with Crippen LogP contribution in [0.1, 0.15) is 41.6 Å². The third kappa shape index (κ3) is 3.45. The zero-order valence-corrected chi connectivity index (χ0v) is 10.9. The molecule has 1 rings (SSSR count). The van der Waals surface area contributed by atoms with Crippen molar-refractivity contribution in [3.8, 4) is 0 Å². The Balaban J connectivity index is 2.65. The lowest BCUT2D eigenvalue weighted by atomic mass is 10.1. The minimum absolute atomic E-state index is 0.0307. The molecule has 4 heteroatoms. The average molecular weight is 239 g/mol. The molecule has 1 amide bonds. The molecule has 0 saturated heterocycles. The van der Waals surface area contributed by atoms with Crippen LogP contribution in [0.25, 0.3) is 0 Å². The second kappa shape index (κ2) is 5.25. The molecule has 1 heterocycles. The molecule has 88 valence electrons. The quantitative estimate of drug-likeness (QED) is 0.821. The van der Waals surface area contributed by atoms with Crippen molar-refractivity contribution in [2.24, 2.45) is 0 Å². The summed E-state index contributed by atoms with van der Waals surface area (Å²) >= 11 is 1.72. The second-order valence-corrected chi connectivity index (χ2v) is 5.50. The number of hydrogen-bond acceptors (Lipinski definition) is 3. The zero-order valence-electron chi connectivity index (χ0n) is 10.1. The van der Waals surface area contributed by atoms with Gasteiger partial charge in [-0.2, -0.15) is 0 Å². The van der Waals surface area contributed by atoms with Gasteiger partial charge < -0.3 is 5.32 Å². The molecule has 0 spiro atoms. The molecule has 0 aliphatic heterocycles. The number of Topliss-reactive ketones (excluding diaryl/α,β-unsaturated/α-hetero) is 1. The minimum atomic E-state index is -0.205. The van der Waals surface area contributed by atoms with Gasteiger partial charge in [0.2, 0.25) is 5.91 Å². The molecule has 0 radical (unpaired) electrons. The number of ketones is 1. The summed E-state index contributed by atoms with van der Waals surface area (Å²) in [6.45, 7) is 7.45. The van der Waals surface area contributed by atoms with Crippen molar-refractivity contribution in [1.29, 1.82) is 0 Å². The van der Waals surface area contributed by atoms with E-state index in [-0.39, 0.29) is 24.2 Å². The molecule has 0 bridgehead atoms. The molecule has 3 nitrogen and oxygen atoms in total. The first-order chi connectivity index (χ1) is 7.40. The van der Waals surface area contributed by atoms with E-state index in [1.165, 1.54) is 16.7 Å². The van der Waals surface area contributed by atoms with Gasteiger partial charge in [-0.25, -0.2) is 0 Å². The van der Waals surface area contributed by atoms with Gasteiger partial charge in [0.25, 0.3) is 0 Å².